The summed E-state index contributed by atoms with van der Waals surface area (Å²) in [6.45, 7) is 1.51. The van der Waals surface area contributed by atoms with Crippen LogP contribution in [0.5, 0.6) is 11.5 Å². The SMILES string of the molecule is Cc1cc2oc(-c3ccc(C(F)(F)F)cc3)cc(=O)c2c(O)c1O. The van der Waals surface area contributed by atoms with Crippen LogP contribution in [0.2, 0.25) is 0 Å². The van der Waals surface area contributed by atoms with Gasteiger partial charge in [-0.2, -0.15) is 13.2 Å². The van der Waals surface area contributed by atoms with E-state index < -0.39 is 28.7 Å². The monoisotopic (exact) mass is 336 g/mol. The van der Waals surface area contributed by atoms with Crippen LogP contribution in [0.25, 0.3) is 22.3 Å². The minimum atomic E-state index is -4.46. The van der Waals surface area contributed by atoms with Crippen LogP contribution >= 0.6 is 0 Å². The largest absolute Gasteiger partial charge is 0.504 e. The van der Waals surface area contributed by atoms with E-state index in [1.165, 1.54) is 25.1 Å². The number of aromatic hydroxyl groups is 2. The molecule has 0 aliphatic carbocycles. The molecule has 0 aliphatic heterocycles. The van der Waals surface area contributed by atoms with Crippen LogP contribution in [-0.4, -0.2) is 10.2 Å². The topological polar surface area (TPSA) is 70.7 Å². The maximum Gasteiger partial charge on any atom is 0.416 e. The van der Waals surface area contributed by atoms with E-state index in [4.69, 9.17) is 4.42 Å². The summed E-state index contributed by atoms with van der Waals surface area (Å²) in [5.74, 6) is -0.944. The Morgan fingerprint density at radius 3 is 2.21 bits per heavy atom. The normalized spacial score (nSPS) is 11.8. The molecule has 4 nitrogen and oxygen atoms in total. The summed E-state index contributed by atoms with van der Waals surface area (Å²) in [5.41, 5.74) is -0.808. The van der Waals surface area contributed by atoms with Gasteiger partial charge >= 0.3 is 6.18 Å². The zero-order chi connectivity index (χ0) is 17.6. The summed E-state index contributed by atoms with van der Waals surface area (Å²) in [5, 5.41) is 19.4. The number of rotatable bonds is 1. The molecule has 1 heterocycles. The number of phenols is 2. The first-order valence-corrected chi connectivity index (χ1v) is 6.85. The van der Waals surface area contributed by atoms with Gasteiger partial charge in [0.15, 0.2) is 16.9 Å². The predicted molar refractivity (Wildman–Crippen MR) is 81.0 cm³/mol. The first-order valence-electron chi connectivity index (χ1n) is 6.85. The molecular formula is C17H11F3O4. The van der Waals surface area contributed by atoms with Crippen molar-refractivity contribution in [3.8, 4) is 22.8 Å². The Morgan fingerprint density at radius 2 is 1.62 bits per heavy atom. The number of halogens is 3. The molecule has 124 valence electrons. The van der Waals surface area contributed by atoms with Crippen molar-refractivity contribution in [2.45, 2.75) is 13.1 Å². The van der Waals surface area contributed by atoms with Gasteiger partial charge in [-0.1, -0.05) is 12.1 Å². The average Bonchev–Trinajstić information content (AvgIpc) is 2.51. The van der Waals surface area contributed by atoms with Gasteiger partial charge in [-0.15, -0.1) is 0 Å². The highest BCUT2D eigenvalue weighted by atomic mass is 19.4. The van der Waals surface area contributed by atoms with E-state index in [1.54, 1.807) is 0 Å². The van der Waals surface area contributed by atoms with Gasteiger partial charge in [0.2, 0.25) is 0 Å². The molecule has 0 bridgehead atoms. The van der Waals surface area contributed by atoms with E-state index in [0.29, 0.717) is 5.56 Å². The van der Waals surface area contributed by atoms with Crippen LogP contribution in [0, 0.1) is 6.92 Å². The van der Waals surface area contributed by atoms with Crippen molar-refractivity contribution in [2.24, 2.45) is 0 Å². The second-order valence-corrected chi connectivity index (χ2v) is 5.31. The number of hydrogen-bond acceptors (Lipinski definition) is 4. The summed E-state index contributed by atoms with van der Waals surface area (Å²) < 4.78 is 43.3. The fourth-order valence-electron chi connectivity index (χ4n) is 2.38. The Bertz CT molecular complexity index is 986. The Labute approximate surface area is 133 Å². The third-order valence-corrected chi connectivity index (χ3v) is 3.65. The third-order valence-electron chi connectivity index (χ3n) is 3.65. The molecule has 1 aromatic heterocycles. The van der Waals surface area contributed by atoms with Gasteiger partial charge in [-0.05, 0) is 30.7 Å². The molecule has 0 radical (unpaired) electrons. The predicted octanol–water partition coefficient (Wildman–Crippen LogP) is 4.20. The summed E-state index contributed by atoms with van der Waals surface area (Å²) in [6, 6.07) is 6.59. The lowest BCUT2D eigenvalue weighted by Gasteiger charge is -2.09. The molecule has 0 aliphatic rings. The lowest BCUT2D eigenvalue weighted by molar-refractivity contribution is -0.137. The van der Waals surface area contributed by atoms with Crippen molar-refractivity contribution in [1.29, 1.82) is 0 Å². The van der Waals surface area contributed by atoms with Crippen molar-refractivity contribution in [2.75, 3.05) is 0 Å². The minimum absolute atomic E-state index is 0.0326. The van der Waals surface area contributed by atoms with Crippen molar-refractivity contribution < 1.29 is 27.8 Å². The van der Waals surface area contributed by atoms with Gasteiger partial charge in [0.25, 0.3) is 0 Å². The minimum Gasteiger partial charge on any atom is -0.504 e. The van der Waals surface area contributed by atoms with E-state index in [9.17, 15) is 28.2 Å². The number of phenolic OH excluding ortho intramolecular Hbond substituents is 2. The zero-order valence-corrected chi connectivity index (χ0v) is 12.3. The molecule has 2 aromatic carbocycles. The highest BCUT2D eigenvalue weighted by Crippen LogP contribution is 2.36. The van der Waals surface area contributed by atoms with E-state index in [1.807, 2.05) is 0 Å². The van der Waals surface area contributed by atoms with Crippen molar-refractivity contribution in [1.82, 2.24) is 0 Å². The molecule has 3 rings (SSSR count). The van der Waals surface area contributed by atoms with E-state index in [0.717, 1.165) is 18.2 Å². The molecule has 0 saturated heterocycles. The number of hydrogen-bond donors (Lipinski definition) is 2. The Hall–Kier alpha value is -2.96. The summed E-state index contributed by atoms with van der Waals surface area (Å²) in [4.78, 5) is 12.2. The number of benzene rings is 2. The molecule has 2 N–H and O–H groups in total. The Morgan fingerprint density at radius 1 is 1.00 bits per heavy atom. The van der Waals surface area contributed by atoms with Crippen LogP contribution in [0.4, 0.5) is 13.2 Å². The van der Waals surface area contributed by atoms with Gasteiger partial charge in [-0.3, -0.25) is 4.79 Å². The molecule has 3 aromatic rings. The fourth-order valence-corrected chi connectivity index (χ4v) is 2.38. The molecular weight excluding hydrogens is 325 g/mol. The van der Waals surface area contributed by atoms with E-state index in [-0.39, 0.29) is 22.3 Å². The average molecular weight is 336 g/mol. The van der Waals surface area contributed by atoms with E-state index in [2.05, 4.69) is 0 Å². The summed E-state index contributed by atoms with van der Waals surface area (Å²) >= 11 is 0. The molecule has 0 fully saturated rings. The van der Waals surface area contributed by atoms with Gasteiger partial charge < -0.3 is 14.6 Å². The number of aryl methyl sites for hydroxylation is 1. The Balaban J connectivity index is 2.18. The van der Waals surface area contributed by atoms with Crippen molar-refractivity contribution in [3.05, 3.63) is 57.7 Å². The standard InChI is InChI=1S/C17H11F3O4/c1-8-6-13-14(16(23)15(8)22)11(21)7-12(24-13)9-2-4-10(5-3-9)17(18,19)20/h2-7,22-23H,1H3. The van der Waals surface area contributed by atoms with Crippen molar-refractivity contribution in [3.63, 3.8) is 0 Å². The van der Waals surface area contributed by atoms with Gasteiger partial charge in [-0.25, -0.2) is 0 Å². The Kier molecular flexibility index (Phi) is 3.51. The first-order chi connectivity index (χ1) is 11.2. The summed E-state index contributed by atoms with van der Waals surface area (Å²) in [6.07, 6.45) is -4.46. The van der Waals surface area contributed by atoms with Gasteiger partial charge in [0, 0.05) is 11.6 Å². The molecule has 0 amide bonds. The van der Waals surface area contributed by atoms with Crippen LogP contribution in [0.1, 0.15) is 11.1 Å². The highest BCUT2D eigenvalue weighted by Gasteiger charge is 2.30. The van der Waals surface area contributed by atoms with Gasteiger partial charge in [0.1, 0.15) is 16.7 Å². The lowest BCUT2D eigenvalue weighted by Crippen LogP contribution is -2.04. The molecule has 7 heteroatoms. The molecule has 0 spiro atoms. The summed E-state index contributed by atoms with van der Waals surface area (Å²) in [7, 11) is 0. The van der Waals surface area contributed by atoms with Crippen LogP contribution in [0.15, 0.2) is 45.6 Å². The van der Waals surface area contributed by atoms with Crippen LogP contribution < -0.4 is 5.43 Å². The number of alkyl halides is 3. The smallest absolute Gasteiger partial charge is 0.416 e. The molecule has 24 heavy (non-hydrogen) atoms. The molecule has 0 unspecified atom stereocenters. The maximum absolute atomic E-state index is 12.6. The molecule has 0 saturated carbocycles. The highest BCUT2D eigenvalue weighted by molar-refractivity contribution is 5.88. The third kappa shape index (κ3) is 2.58. The quantitative estimate of drug-likeness (QED) is 0.654. The number of fused-ring (bicyclic) bond motifs is 1. The first kappa shape index (κ1) is 15.9. The maximum atomic E-state index is 12.6. The van der Waals surface area contributed by atoms with Gasteiger partial charge in [0.05, 0.1) is 5.56 Å². The van der Waals surface area contributed by atoms with Crippen molar-refractivity contribution >= 4 is 11.0 Å². The van der Waals surface area contributed by atoms with E-state index >= 15 is 0 Å². The lowest BCUT2D eigenvalue weighted by atomic mass is 10.1. The second kappa shape index (κ2) is 5.30. The second-order valence-electron chi connectivity index (χ2n) is 5.31. The van der Waals surface area contributed by atoms with Crippen LogP contribution in [-0.2, 0) is 6.18 Å². The zero-order valence-electron chi connectivity index (χ0n) is 12.3. The fraction of sp³-hybridized carbons (Fsp3) is 0.118. The molecule has 0 atom stereocenters. The van der Waals surface area contributed by atoms with Crippen LogP contribution in [0.3, 0.4) is 0 Å².